The minimum Gasteiger partial charge on any atom is -0.313 e. The van der Waals surface area contributed by atoms with Crippen LogP contribution in [0.3, 0.4) is 0 Å². The van der Waals surface area contributed by atoms with Crippen molar-refractivity contribution in [3.63, 3.8) is 0 Å². The lowest BCUT2D eigenvalue weighted by Crippen LogP contribution is -2.49. The number of hydrogen-bond donors (Lipinski definition) is 1. The molecule has 1 aliphatic heterocycles. The van der Waals surface area contributed by atoms with Crippen molar-refractivity contribution in [2.24, 2.45) is 5.41 Å². The van der Waals surface area contributed by atoms with Gasteiger partial charge in [0, 0.05) is 18.6 Å². The predicted molar refractivity (Wildman–Crippen MR) is 85.8 cm³/mol. The van der Waals surface area contributed by atoms with Crippen molar-refractivity contribution in [3.05, 3.63) is 0 Å². The molecule has 0 aromatic heterocycles. The summed E-state index contributed by atoms with van der Waals surface area (Å²) in [6, 6.07) is 0.633. The summed E-state index contributed by atoms with van der Waals surface area (Å²) in [6.45, 7) is 13.7. The lowest BCUT2D eigenvalue weighted by Gasteiger charge is -2.37. The average molecular weight is 305 g/mol. The summed E-state index contributed by atoms with van der Waals surface area (Å²) >= 11 is 0. The van der Waals surface area contributed by atoms with Crippen LogP contribution in [-0.4, -0.2) is 56.5 Å². The van der Waals surface area contributed by atoms with Crippen LogP contribution in [0.5, 0.6) is 0 Å². The van der Waals surface area contributed by atoms with E-state index < -0.39 is 9.84 Å². The number of hydrogen-bond acceptors (Lipinski definition) is 4. The van der Waals surface area contributed by atoms with Crippen LogP contribution in [0, 0.1) is 5.41 Å². The Morgan fingerprint density at radius 1 is 1.35 bits per heavy atom. The van der Waals surface area contributed by atoms with E-state index in [2.05, 4.69) is 37.9 Å². The normalized spacial score (nSPS) is 25.6. The zero-order valence-corrected chi connectivity index (χ0v) is 14.6. The van der Waals surface area contributed by atoms with E-state index in [1.165, 1.54) is 0 Å². The van der Waals surface area contributed by atoms with E-state index >= 15 is 0 Å². The third-order valence-corrected chi connectivity index (χ3v) is 5.99. The first-order valence-corrected chi connectivity index (χ1v) is 9.65. The highest BCUT2D eigenvalue weighted by molar-refractivity contribution is 7.91. The second-order valence-corrected chi connectivity index (χ2v) is 9.39. The maximum Gasteiger partial charge on any atom is 0.153 e. The lowest BCUT2D eigenvalue weighted by molar-refractivity contribution is 0.181. The number of rotatable bonds is 6. The standard InChI is InChI=1S/C15H32N2O2S/c1-6-8-16-14(15(3,4)5)7-9-17-10-11-20(18,19)12-13(17)2/h13-14,16H,6-12H2,1-5H3. The number of nitrogens with zero attached hydrogens (tertiary/aromatic N) is 1. The van der Waals surface area contributed by atoms with Gasteiger partial charge in [0.15, 0.2) is 9.84 Å². The molecule has 0 radical (unpaired) electrons. The molecular weight excluding hydrogens is 272 g/mol. The van der Waals surface area contributed by atoms with Gasteiger partial charge in [0.2, 0.25) is 0 Å². The van der Waals surface area contributed by atoms with Gasteiger partial charge in [0.25, 0.3) is 0 Å². The maximum atomic E-state index is 11.6. The zero-order valence-electron chi connectivity index (χ0n) is 13.8. The predicted octanol–water partition coefficient (Wildman–Crippen LogP) is 1.91. The van der Waals surface area contributed by atoms with Gasteiger partial charge in [-0.1, -0.05) is 27.7 Å². The molecule has 0 saturated carbocycles. The summed E-state index contributed by atoms with van der Waals surface area (Å²) in [5.41, 5.74) is 0.236. The Morgan fingerprint density at radius 3 is 2.50 bits per heavy atom. The molecule has 0 spiro atoms. The van der Waals surface area contributed by atoms with Crippen molar-refractivity contribution in [2.45, 2.75) is 59.5 Å². The summed E-state index contributed by atoms with van der Waals surface area (Å²) in [7, 11) is -2.80. The molecular formula is C15H32N2O2S. The molecule has 2 atom stereocenters. The van der Waals surface area contributed by atoms with Gasteiger partial charge in [-0.2, -0.15) is 0 Å². The highest BCUT2D eigenvalue weighted by atomic mass is 32.2. The Balaban J connectivity index is 2.51. The summed E-state index contributed by atoms with van der Waals surface area (Å²) in [5, 5.41) is 3.64. The van der Waals surface area contributed by atoms with Crippen LogP contribution in [-0.2, 0) is 9.84 Å². The largest absolute Gasteiger partial charge is 0.313 e. The summed E-state index contributed by atoms with van der Waals surface area (Å²) in [6.07, 6.45) is 2.22. The lowest BCUT2D eigenvalue weighted by atomic mass is 9.84. The smallest absolute Gasteiger partial charge is 0.153 e. The SMILES string of the molecule is CCCNC(CCN1CCS(=O)(=O)CC1C)C(C)(C)C. The summed E-state index contributed by atoms with van der Waals surface area (Å²) in [5.74, 6) is 0.634. The minimum atomic E-state index is -2.80. The average Bonchev–Trinajstić information content (AvgIpc) is 2.29. The Kier molecular flexibility index (Phi) is 6.48. The second kappa shape index (κ2) is 7.23. The first kappa shape index (κ1) is 17.9. The van der Waals surface area contributed by atoms with Crippen LogP contribution in [0.1, 0.15) is 47.5 Å². The van der Waals surface area contributed by atoms with Gasteiger partial charge < -0.3 is 5.32 Å². The molecule has 0 bridgehead atoms. The molecule has 4 nitrogen and oxygen atoms in total. The highest BCUT2D eigenvalue weighted by Gasteiger charge is 2.30. The molecule has 2 unspecified atom stereocenters. The molecule has 1 saturated heterocycles. The first-order chi connectivity index (χ1) is 9.15. The quantitative estimate of drug-likeness (QED) is 0.814. The van der Waals surface area contributed by atoms with Crippen LogP contribution < -0.4 is 5.32 Å². The van der Waals surface area contributed by atoms with E-state index in [0.29, 0.717) is 24.1 Å². The topological polar surface area (TPSA) is 49.4 Å². The van der Waals surface area contributed by atoms with Gasteiger partial charge in [0.1, 0.15) is 0 Å². The summed E-state index contributed by atoms with van der Waals surface area (Å²) in [4.78, 5) is 2.33. The Labute approximate surface area is 125 Å². The van der Waals surface area contributed by atoms with Crippen LogP contribution in [0.4, 0.5) is 0 Å². The van der Waals surface area contributed by atoms with Gasteiger partial charge in [-0.3, -0.25) is 4.90 Å². The molecule has 1 aliphatic rings. The van der Waals surface area contributed by atoms with Crippen molar-refractivity contribution in [3.8, 4) is 0 Å². The highest BCUT2D eigenvalue weighted by Crippen LogP contribution is 2.23. The van der Waals surface area contributed by atoms with Crippen molar-refractivity contribution >= 4 is 9.84 Å². The van der Waals surface area contributed by atoms with Crippen molar-refractivity contribution in [2.75, 3.05) is 31.1 Å². The molecule has 1 heterocycles. The molecule has 0 amide bonds. The second-order valence-electron chi connectivity index (χ2n) is 7.16. The van der Waals surface area contributed by atoms with Crippen molar-refractivity contribution in [1.82, 2.24) is 10.2 Å². The molecule has 1 rings (SSSR count). The molecule has 0 aliphatic carbocycles. The van der Waals surface area contributed by atoms with Gasteiger partial charge in [0.05, 0.1) is 11.5 Å². The molecule has 1 fully saturated rings. The fraction of sp³-hybridized carbons (Fsp3) is 1.00. The molecule has 0 aromatic carbocycles. The summed E-state index contributed by atoms with van der Waals surface area (Å²) < 4.78 is 23.2. The van der Waals surface area contributed by atoms with Gasteiger partial charge in [-0.15, -0.1) is 0 Å². The van der Waals surface area contributed by atoms with Crippen LogP contribution in [0.2, 0.25) is 0 Å². The minimum absolute atomic E-state index is 0.153. The Hall–Kier alpha value is -0.130. The fourth-order valence-corrected chi connectivity index (χ4v) is 4.45. The van der Waals surface area contributed by atoms with E-state index in [1.54, 1.807) is 0 Å². The molecule has 5 heteroatoms. The van der Waals surface area contributed by atoms with E-state index in [9.17, 15) is 8.42 Å². The molecule has 20 heavy (non-hydrogen) atoms. The third-order valence-electron chi connectivity index (χ3n) is 4.20. The van der Waals surface area contributed by atoms with Crippen molar-refractivity contribution in [1.29, 1.82) is 0 Å². The van der Waals surface area contributed by atoms with E-state index in [1.807, 2.05) is 6.92 Å². The maximum absolute atomic E-state index is 11.6. The van der Waals surface area contributed by atoms with Gasteiger partial charge in [-0.25, -0.2) is 8.42 Å². The van der Waals surface area contributed by atoms with Crippen LogP contribution in [0.25, 0.3) is 0 Å². The van der Waals surface area contributed by atoms with E-state index in [0.717, 1.165) is 25.9 Å². The fourth-order valence-electron chi connectivity index (χ4n) is 2.82. The molecule has 120 valence electrons. The zero-order chi connectivity index (χ0) is 15.4. The van der Waals surface area contributed by atoms with Gasteiger partial charge >= 0.3 is 0 Å². The van der Waals surface area contributed by atoms with Crippen molar-refractivity contribution < 1.29 is 8.42 Å². The Morgan fingerprint density at radius 2 is 2.00 bits per heavy atom. The van der Waals surface area contributed by atoms with E-state index in [4.69, 9.17) is 0 Å². The molecule has 0 aromatic rings. The number of nitrogens with one attached hydrogen (secondary N) is 1. The monoisotopic (exact) mass is 304 g/mol. The van der Waals surface area contributed by atoms with E-state index in [-0.39, 0.29) is 11.5 Å². The van der Waals surface area contributed by atoms with Gasteiger partial charge in [-0.05, 0) is 38.3 Å². The van der Waals surface area contributed by atoms with Crippen LogP contribution in [0.15, 0.2) is 0 Å². The number of sulfone groups is 1. The molecule has 1 N–H and O–H groups in total. The Bertz CT molecular complexity index is 387. The first-order valence-electron chi connectivity index (χ1n) is 7.83. The van der Waals surface area contributed by atoms with Crippen LogP contribution >= 0.6 is 0 Å². The third kappa shape index (κ3) is 5.70.